The molecule has 0 aromatic heterocycles. The molecule has 0 atom stereocenters. The molecule has 0 unspecified atom stereocenters. The van der Waals surface area contributed by atoms with Gasteiger partial charge >= 0.3 is 0 Å². The standard InChI is InChI=1S/C27H31NO4/c1-6-31-24-14-12-20(27(29)28-23-15-19(4)11-13-26(23)30-5)16-21(24)17-32-25-10-8-7-9-22(25)18(2)3/h7-16,18H,6,17H2,1-5H3,(H,28,29). The molecular weight excluding hydrogens is 402 g/mol. The lowest BCUT2D eigenvalue weighted by molar-refractivity contribution is 0.102. The third kappa shape index (κ3) is 5.61. The molecule has 3 rings (SSSR count). The average molecular weight is 434 g/mol. The number of nitrogens with one attached hydrogen (secondary N) is 1. The smallest absolute Gasteiger partial charge is 0.255 e. The molecule has 0 fully saturated rings. The average Bonchev–Trinajstić information content (AvgIpc) is 2.78. The minimum Gasteiger partial charge on any atom is -0.495 e. The van der Waals surface area contributed by atoms with E-state index in [0.717, 1.165) is 22.4 Å². The molecule has 1 amide bonds. The zero-order chi connectivity index (χ0) is 23.1. The molecule has 0 aliphatic carbocycles. The highest BCUT2D eigenvalue weighted by Gasteiger charge is 2.15. The first-order chi connectivity index (χ1) is 15.4. The number of rotatable bonds is 9. The SMILES string of the molecule is CCOc1ccc(C(=O)Nc2cc(C)ccc2OC)cc1COc1ccccc1C(C)C. The Hall–Kier alpha value is -3.47. The Balaban J connectivity index is 1.84. The molecular formula is C27H31NO4. The number of hydrogen-bond donors (Lipinski definition) is 1. The van der Waals surface area contributed by atoms with E-state index in [9.17, 15) is 4.79 Å². The van der Waals surface area contributed by atoms with Gasteiger partial charge in [0.2, 0.25) is 0 Å². The van der Waals surface area contributed by atoms with Crippen molar-refractivity contribution in [3.8, 4) is 17.2 Å². The van der Waals surface area contributed by atoms with Crippen LogP contribution in [0.25, 0.3) is 0 Å². The van der Waals surface area contributed by atoms with Crippen molar-refractivity contribution >= 4 is 11.6 Å². The Bertz CT molecular complexity index is 1080. The van der Waals surface area contributed by atoms with Gasteiger partial charge in [0.25, 0.3) is 5.91 Å². The quantitative estimate of drug-likeness (QED) is 0.427. The molecule has 0 saturated carbocycles. The molecule has 0 aliphatic rings. The van der Waals surface area contributed by atoms with E-state index in [1.54, 1.807) is 13.2 Å². The monoisotopic (exact) mass is 433 g/mol. The first-order valence-electron chi connectivity index (χ1n) is 10.9. The van der Waals surface area contributed by atoms with Gasteiger partial charge in [-0.05, 0) is 67.3 Å². The summed E-state index contributed by atoms with van der Waals surface area (Å²) >= 11 is 0. The lowest BCUT2D eigenvalue weighted by Crippen LogP contribution is -2.14. The maximum Gasteiger partial charge on any atom is 0.255 e. The van der Waals surface area contributed by atoms with Crippen molar-refractivity contribution in [3.05, 3.63) is 82.9 Å². The van der Waals surface area contributed by atoms with E-state index in [0.29, 0.717) is 41.9 Å². The zero-order valence-corrected chi connectivity index (χ0v) is 19.4. The van der Waals surface area contributed by atoms with Gasteiger partial charge in [-0.3, -0.25) is 4.79 Å². The van der Waals surface area contributed by atoms with Gasteiger partial charge < -0.3 is 19.5 Å². The topological polar surface area (TPSA) is 56.8 Å². The Morgan fingerprint density at radius 3 is 2.41 bits per heavy atom. The highest BCUT2D eigenvalue weighted by atomic mass is 16.5. The van der Waals surface area contributed by atoms with Crippen molar-refractivity contribution in [2.24, 2.45) is 0 Å². The summed E-state index contributed by atoms with van der Waals surface area (Å²) < 4.78 is 17.3. The van der Waals surface area contributed by atoms with Crippen LogP contribution in [0.5, 0.6) is 17.2 Å². The van der Waals surface area contributed by atoms with Gasteiger partial charge in [-0.2, -0.15) is 0 Å². The predicted octanol–water partition coefficient (Wildman–Crippen LogP) is 6.36. The van der Waals surface area contributed by atoms with Gasteiger partial charge in [-0.25, -0.2) is 0 Å². The van der Waals surface area contributed by atoms with Crippen LogP contribution in [0.3, 0.4) is 0 Å². The fourth-order valence-corrected chi connectivity index (χ4v) is 3.49. The molecule has 32 heavy (non-hydrogen) atoms. The number of anilines is 1. The van der Waals surface area contributed by atoms with Crippen LogP contribution in [-0.4, -0.2) is 19.6 Å². The first-order valence-corrected chi connectivity index (χ1v) is 10.9. The van der Waals surface area contributed by atoms with Crippen LogP contribution in [0.4, 0.5) is 5.69 Å². The highest BCUT2D eigenvalue weighted by molar-refractivity contribution is 6.05. The molecule has 0 radical (unpaired) electrons. The van der Waals surface area contributed by atoms with Gasteiger partial charge in [0, 0.05) is 11.1 Å². The maximum absolute atomic E-state index is 13.0. The predicted molar refractivity (Wildman–Crippen MR) is 128 cm³/mol. The maximum atomic E-state index is 13.0. The van der Waals surface area contributed by atoms with Gasteiger partial charge in [0.1, 0.15) is 23.9 Å². The number of hydrogen-bond acceptors (Lipinski definition) is 4. The molecule has 0 heterocycles. The summed E-state index contributed by atoms with van der Waals surface area (Å²) in [6.07, 6.45) is 0. The number of carbonyl (C=O) groups excluding carboxylic acids is 1. The summed E-state index contributed by atoms with van der Waals surface area (Å²) in [7, 11) is 1.58. The van der Waals surface area contributed by atoms with Gasteiger partial charge in [0.05, 0.1) is 19.4 Å². The second-order valence-electron chi connectivity index (χ2n) is 7.89. The van der Waals surface area contributed by atoms with E-state index in [4.69, 9.17) is 14.2 Å². The minimum atomic E-state index is -0.222. The molecule has 0 aliphatic heterocycles. The summed E-state index contributed by atoms with van der Waals surface area (Å²) in [4.78, 5) is 13.0. The van der Waals surface area contributed by atoms with Crippen molar-refractivity contribution in [1.29, 1.82) is 0 Å². The van der Waals surface area contributed by atoms with Crippen molar-refractivity contribution in [1.82, 2.24) is 0 Å². The first kappa shape index (κ1) is 23.2. The Morgan fingerprint density at radius 1 is 0.938 bits per heavy atom. The molecule has 3 aromatic rings. The molecule has 0 bridgehead atoms. The van der Waals surface area contributed by atoms with E-state index in [1.807, 2.05) is 62.4 Å². The van der Waals surface area contributed by atoms with E-state index < -0.39 is 0 Å². The van der Waals surface area contributed by atoms with Crippen LogP contribution in [-0.2, 0) is 6.61 Å². The zero-order valence-electron chi connectivity index (χ0n) is 19.4. The van der Waals surface area contributed by atoms with E-state index >= 15 is 0 Å². The Kier molecular flexibility index (Phi) is 7.77. The van der Waals surface area contributed by atoms with E-state index in [1.165, 1.54) is 0 Å². The van der Waals surface area contributed by atoms with Crippen LogP contribution in [0.1, 0.15) is 53.7 Å². The number of carbonyl (C=O) groups is 1. The summed E-state index contributed by atoms with van der Waals surface area (Å²) in [5.41, 5.74) is 4.15. The summed E-state index contributed by atoms with van der Waals surface area (Å²) in [5, 5.41) is 2.95. The lowest BCUT2D eigenvalue weighted by atomic mass is 10.0. The Morgan fingerprint density at radius 2 is 1.69 bits per heavy atom. The molecule has 3 aromatic carbocycles. The third-order valence-electron chi connectivity index (χ3n) is 5.15. The van der Waals surface area contributed by atoms with Crippen molar-refractivity contribution in [3.63, 3.8) is 0 Å². The molecule has 5 heteroatoms. The number of ether oxygens (including phenoxy) is 3. The number of aryl methyl sites for hydroxylation is 1. The number of benzene rings is 3. The van der Waals surface area contributed by atoms with Crippen LogP contribution in [0, 0.1) is 6.92 Å². The second kappa shape index (κ2) is 10.7. The number of para-hydroxylation sites is 1. The fraction of sp³-hybridized carbons (Fsp3) is 0.296. The van der Waals surface area contributed by atoms with Crippen molar-refractivity contribution < 1.29 is 19.0 Å². The van der Waals surface area contributed by atoms with Crippen molar-refractivity contribution in [2.75, 3.05) is 19.0 Å². The third-order valence-corrected chi connectivity index (χ3v) is 5.15. The van der Waals surface area contributed by atoms with Crippen LogP contribution in [0.2, 0.25) is 0 Å². The second-order valence-corrected chi connectivity index (χ2v) is 7.89. The normalized spacial score (nSPS) is 10.7. The largest absolute Gasteiger partial charge is 0.495 e. The summed E-state index contributed by atoms with van der Waals surface area (Å²) in [6.45, 7) is 9.01. The Labute approximate surface area is 190 Å². The highest BCUT2D eigenvalue weighted by Crippen LogP contribution is 2.29. The summed E-state index contributed by atoms with van der Waals surface area (Å²) in [6, 6.07) is 19.1. The van der Waals surface area contributed by atoms with Crippen LogP contribution >= 0.6 is 0 Å². The fourth-order valence-electron chi connectivity index (χ4n) is 3.49. The number of methoxy groups -OCH3 is 1. The lowest BCUT2D eigenvalue weighted by Gasteiger charge is -2.17. The van der Waals surface area contributed by atoms with Crippen LogP contribution in [0.15, 0.2) is 60.7 Å². The molecule has 168 valence electrons. The molecule has 0 saturated heterocycles. The van der Waals surface area contributed by atoms with Crippen molar-refractivity contribution in [2.45, 2.75) is 40.2 Å². The van der Waals surface area contributed by atoms with Gasteiger partial charge in [-0.15, -0.1) is 0 Å². The van der Waals surface area contributed by atoms with E-state index in [2.05, 4.69) is 25.2 Å². The summed E-state index contributed by atoms with van der Waals surface area (Å²) in [5.74, 6) is 2.28. The molecule has 5 nitrogen and oxygen atoms in total. The minimum absolute atomic E-state index is 0.222. The van der Waals surface area contributed by atoms with Crippen LogP contribution < -0.4 is 19.5 Å². The number of amides is 1. The van der Waals surface area contributed by atoms with Gasteiger partial charge in [-0.1, -0.05) is 38.1 Å². The van der Waals surface area contributed by atoms with E-state index in [-0.39, 0.29) is 5.91 Å². The van der Waals surface area contributed by atoms with Gasteiger partial charge in [0.15, 0.2) is 0 Å². The molecule has 0 spiro atoms. The molecule has 1 N–H and O–H groups in total.